The minimum Gasteiger partial charge on any atom is -0.228 e. The molecule has 9 aromatic carbocycles. The fourth-order valence-electron chi connectivity index (χ4n) is 9.37. The number of hydrogen-bond donors (Lipinski definition) is 0. The predicted octanol–water partition coefficient (Wildman–Crippen LogP) is 14.6. The average molecular weight is 727 g/mol. The number of aromatic nitrogens is 2. The van der Waals surface area contributed by atoms with Crippen molar-refractivity contribution in [1.82, 2.24) is 9.97 Å². The normalized spacial score (nSPS) is 12.9. The molecule has 0 radical (unpaired) electrons. The molecule has 10 aromatic rings. The molecule has 0 amide bonds. The van der Waals surface area contributed by atoms with Gasteiger partial charge >= 0.3 is 0 Å². The molecule has 1 aliphatic rings. The molecule has 2 heteroatoms. The molecule has 1 heterocycles. The molecular formula is C55H38N2. The summed E-state index contributed by atoms with van der Waals surface area (Å²) >= 11 is 0. The van der Waals surface area contributed by atoms with Gasteiger partial charge in [-0.2, -0.15) is 0 Å². The summed E-state index contributed by atoms with van der Waals surface area (Å²) in [7, 11) is 0. The largest absolute Gasteiger partial charge is 0.228 e. The second-order valence-electron chi connectivity index (χ2n) is 15.7. The summed E-state index contributed by atoms with van der Waals surface area (Å²) in [5.74, 6) is 0.704. The van der Waals surface area contributed by atoms with E-state index in [1.54, 1.807) is 0 Å². The van der Waals surface area contributed by atoms with E-state index in [4.69, 9.17) is 9.97 Å². The summed E-state index contributed by atoms with van der Waals surface area (Å²) in [5, 5.41) is 7.38. The van der Waals surface area contributed by atoms with E-state index in [1.807, 2.05) is 6.07 Å². The molecule has 57 heavy (non-hydrogen) atoms. The van der Waals surface area contributed by atoms with Gasteiger partial charge < -0.3 is 0 Å². The Bertz CT molecular complexity index is 3210. The van der Waals surface area contributed by atoms with Gasteiger partial charge in [0.2, 0.25) is 0 Å². The van der Waals surface area contributed by atoms with Crippen molar-refractivity contribution in [2.45, 2.75) is 19.3 Å². The number of nitrogens with zero attached hydrogens (tertiary/aromatic N) is 2. The molecule has 268 valence electrons. The van der Waals surface area contributed by atoms with Gasteiger partial charge in [-0.3, -0.25) is 0 Å². The Morgan fingerprint density at radius 1 is 0.333 bits per heavy atom. The van der Waals surface area contributed by atoms with E-state index in [-0.39, 0.29) is 5.41 Å². The van der Waals surface area contributed by atoms with Crippen LogP contribution in [-0.2, 0) is 5.41 Å². The smallest absolute Gasteiger partial charge is 0.160 e. The van der Waals surface area contributed by atoms with Gasteiger partial charge in [-0.1, -0.05) is 202 Å². The van der Waals surface area contributed by atoms with E-state index < -0.39 is 0 Å². The summed E-state index contributed by atoms with van der Waals surface area (Å²) in [6, 6.07) is 70.1. The fraction of sp³-hybridized carbons (Fsp3) is 0.0545. The summed E-state index contributed by atoms with van der Waals surface area (Å²) < 4.78 is 0. The van der Waals surface area contributed by atoms with Gasteiger partial charge in [0.15, 0.2) is 5.82 Å². The summed E-state index contributed by atoms with van der Waals surface area (Å²) in [4.78, 5) is 10.6. The molecule has 0 aliphatic heterocycles. The summed E-state index contributed by atoms with van der Waals surface area (Å²) in [5.41, 5.74) is 15.1. The van der Waals surface area contributed by atoms with Crippen molar-refractivity contribution >= 4 is 32.3 Å². The lowest BCUT2D eigenvalue weighted by molar-refractivity contribution is 0.661. The number of hydrogen-bond acceptors (Lipinski definition) is 2. The van der Waals surface area contributed by atoms with Crippen LogP contribution >= 0.6 is 0 Å². The van der Waals surface area contributed by atoms with Crippen LogP contribution in [0.15, 0.2) is 194 Å². The third-order valence-corrected chi connectivity index (χ3v) is 12.1. The lowest BCUT2D eigenvalue weighted by atomic mass is 9.81. The molecule has 0 atom stereocenters. The molecule has 0 fully saturated rings. The Morgan fingerprint density at radius 3 is 1.63 bits per heavy atom. The first-order valence-corrected chi connectivity index (χ1v) is 19.8. The Hall–Kier alpha value is -7.16. The van der Waals surface area contributed by atoms with Crippen LogP contribution in [0.5, 0.6) is 0 Å². The predicted molar refractivity (Wildman–Crippen MR) is 239 cm³/mol. The van der Waals surface area contributed by atoms with Crippen LogP contribution in [-0.4, -0.2) is 9.97 Å². The highest BCUT2D eigenvalue weighted by Gasteiger charge is 2.38. The van der Waals surface area contributed by atoms with E-state index in [2.05, 4.69) is 202 Å². The topological polar surface area (TPSA) is 25.8 Å². The van der Waals surface area contributed by atoms with Crippen molar-refractivity contribution in [3.05, 3.63) is 205 Å². The highest BCUT2D eigenvalue weighted by Crippen LogP contribution is 2.55. The zero-order valence-corrected chi connectivity index (χ0v) is 31.9. The average Bonchev–Trinajstić information content (AvgIpc) is 3.52. The molecule has 0 bridgehead atoms. The number of fused-ring (bicyclic) bond motifs is 7. The van der Waals surface area contributed by atoms with Crippen LogP contribution in [0, 0.1) is 0 Å². The lowest BCUT2D eigenvalue weighted by Crippen LogP contribution is -2.14. The van der Waals surface area contributed by atoms with Crippen molar-refractivity contribution in [2.75, 3.05) is 0 Å². The monoisotopic (exact) mass is 726 g/mol. The lowest BCUT2D eigenvalue weighted by Gasteiger charge is -2.22. The van der Waals surface area contributed by atoms with Crippen LogP contribution in [0.4, 0.5) is 0 Å². The van der Waals surface area contributed by atoms with E-state index in [9.17, 15) is 0 Å². The maximum atomic E-state index is 5.33. The van der Waals surface area contributed by atoms with Gasteiger partial charge in [-0.15, -0.1) is 0 Å². The van der Waals surface area contributed by atoms with E-state index in [0.29, 0.717) is 5.82 Å². The van der Waals surface area contributed by atoms with Gasteiger partial charge in [-0.05, 0) is 82.9 Å². The molecule has 0 saturated heterocycles. The SMILES string of the molecule is CC1(C)c2cccc(-c3ccc(-c4cc(-c5ccccc5-c5cccc6ccccc56)nc(-c5ccccc5)n4)c4ccccc34)c2-c2c1ccc1ccccc21. The van der Waals surface area contributed by atoms with Gasteiger partial charge in [0.25, 0.3) is 0 Å². The molecule has 2 nitrogen and oxygen atoms in total. The maximum Gasteiger partial charge on any atom is 0.160 e. The zero-order valence-electron chi connectivity index (χ0n) is 31.9. The first-order valence-electron chi connectivity index (χ1n) is 19.8. The first-order chi connectivity index (χ1) is 28.0. The van der Waals surface area contributed by atoms with Crippen LogP contribution in [0.2, 0.25) is 0 Å². The maximum absolute atomic E-state index is 5.33. The first kappa shape index (κ1) is 33.2. The molecule has 0 unspecified atom stereocenters. The Balaban J connectivity index is 1.14. The standard InChI is InChI=1S/C55H38N2/c1-55(2)48-29-15-28-47(53(48)52-39-22-9-7-17-36(39)30-33-49(52)55)44-31-32-46(43-25-11-10-23-41(43)44)51-34-50(56-54(57-51)37-18-4-3-5-19-37)45-26-13-12-24-42(45)40-27-14-20-35-16-6-8-21-38(35)40/h3-34H,1-2H3. The molecule has 0 N–H and O–H groups in total. The molecule has 1 aromatic heterocycles. The van der Waals surface area contributed by atoms with Crippen molar-refractivity contribution < 1.29 is 0 Å². The Morgan fingerprint density at radius 2 is 0.842 bits per heavy atom. The highest BCUT2D eigenvalue weighted by atomic mass is 14.9. The third kappa shape index (κ3) is 5.25. The highest BCUT2D eigenvalue weighted by molar-refractivity contribution is 6.11. The van der Waals surface area contributed by atoms with Crippen molar-refractivity contribution in [3.8, 4) is 67.3 Å². The van der Waals surface area contributed by atoms with Crippen LogP contribution in [0.3, 0.4) is 0 Å². The van der Waals surface area contributed by atoms with E-state index in [0.717, 1.165) is 39.0 Å². The zero-order chi connectivity index (χ0) is 38.1. The second kappa shape index (κ2) is 13.0. The number of benzene rings is 9. The van der Waals surface area contributed by atoms with Crippen LogP contribution < -0.4 is 0 Å². The Labute approximate surface area is 332 Å². The van der Waals surface area contributed by atoms with Crippen molar-refractivity contribution in [1.29, 1.82) is 0 Å². The van der Waals surface area contributed by atoms with Crippen molar-refractivity contribution in [3.63, 3.8) is 0 Å². The van der Waals surface area contributed by atoms with Crippen LogP contribution in [0.1, 0.15) is 25.0 Å². The molecule has 0 saturated carbocycles. The van der Waals surface area contributed by atoms with Gasteiger partial charge in [-0.25, -0.2) is 9.97 Å². The van der Waals surface area contributed by atoms with E-state index >= 15 is 0 Å². The summed E-state index contributed by atoms with van der Waals surface area (Å²) in [6.07, 6.45) is 0. The molecule has 0 spiro atoms. The second-order valence-corrected chi connectivity index (χ2v) is 15.7. The fourth-order valence-corrected chi connectivity index (χ4v) is 9.37. The van der Waals surface area contributed by atoms with Crippen LogP contribution in [0.25, 0.3) is 99.6 Å². The number of rotatable bonds is 5. The third-order valence-electron chi connectivity index (χ3n) is 12.1. The minimum atomic E-state index is -0.117. The molecule has 11 rings (SSSR count). The molecule has 1 aliphatic carbocycles. The quantitative estimate of drug-likeness (QED) is 0.176. The minimum absolute atomic E-state index is 0.117. The van der Waals surface area contributed by atoms with E-state index in [1.165, 1.54) is 65.9 Å². The Kier molecular flexibility index (Phi) is 7.55. The van der Waals surface area contributed by atoms with Gasteiger partial charge in [0.05, 0.1) is 11.4 Å². The van der Waals surface area contributed by atoms with Gasteiger partial charge in [0, 0.05) is 22.1 Å². The molecular weight excluding hydrogens is 689 g/mol. The van der Waals surface area contributed by atoms with Crippen molar-refractivity contribution in [2.24, 2.45) is 0 Å². The van der Waals surface area contributed by atoms with Gasteiger partial charge in [0.1, 0.15) is 0 Å². The summed E-state index contributed by atoms with van der Waals surface area (Å²) in [6.45, 7) is 4.74.